The summed E-state index contributed by atoms with van der Waals surface area (Å²) >= 11 is 0. The first-order chi connectivity index (χ1) is 10.7. The zero-order valence-electron chi connectivity index (χ0n) is 13.5. The molecule has 7 nitrogen and oxygen atoms in total. The van der Waals surface area contributed by atoms with Crippen LogP contribution in [0.15, 0.2) is 24.3 Å². The molecule has 2 rings (SSSR count). The third kappa shape index (κ3) is 4.45. The van der Waals surface area contributed by atoms with Crippen molar-refractivity contribution in [1.82, 2.24) is 0 Å². The minimum absolute atomic E-state index is 0.110. The molecule has 0 radical (unpaired) electrons. The Morgan fingerprint density at radius 1 is 1.35 bits per heavy atom. The van der Waals surface area contributed by atoms with Crippen LogP contribution in [0.3, 0.4) is 0 Å². The molecular formula is C16H21N3O4. The average molecular weight is 319 g/mol. The lowest BCUT2D eigenvalue weighted by Gasteiger charge is -2.20. The third-order valence-corrected chi connectivity index (χ3v) is 3.33. The smallest absolute Gasteiger partial charge is 0.412 e. The Morgan fingerprint density at radius 2 is 2.04 bits per heavy atom. The highest BCUT2D eigenvalue weighted by molar-refractivity contribution is 6.00. The maximum atomic E-state index is 12.0. The summed E-state index contributed by atoms with van der Waals surface area (Å²) in [4.78, 5) is 36.5. The van der Waals surface area contributed by atoms with Crippen LogP contribution in [0, 0.1) is 5.92 Å². The van der Waals surface area contributed by atoms with Gasteiger partial charge in [-0.3, -0.25) is 14.9 Å². The molecule has 0 aromatic heterocycles. The number of nitrogens with zero attached hydrogens (tertiary/aromatic N) is 1. The van der Waals surface area contributed by atoms with Crippen molar-refractivity contribution in [3.05, 3.63) is 24.3 Å². The summed E-state index contributed by atoms with van der Waals surface area (Å²) < 4.78 is 5.18. The number of nitrogens with one attached hydrogen (secondary N) is 1. The molecule has 3 N–H and O–H groups in total. The lowest BCUT2D eigenvalue weighted by Crippen LogP contribution is -2.29. The molecule has 124 valence electrons. The van der Waals surface area contributed by atoms with Crippen LogP contribution in [0.5, 0.6) is 0 Å². The van der Waals surface area contributed by atoms with E-state index in [9.17, 15) is 14.4 Å². The number of primary amides is 1. The van der Waals surface area contributed by atoms with Crippen molar-refractivity contribution >= 4 is 29.3 Å². The molecular weight excluding hydrogens is 298 g/mol. The molecule has 0 bridgehead atoms. The fourth-order valence-electron chi connectivity index (χ4n) is 2.32. The Balaban J connectivity index is 2.10. The Kier molecular flexibility index (Phi) is 4.58. The second kappa shape index (κ2) is 6.28. The zero-order chi connectivity index (χ0) is 17.2. The Hall–Kier alpha value is -2.57. The Labute approximate surface area is 134 Å². The van der Waals surface area contributed by atoms with E-state index in [0.29, 0.717) is 11.4 Å². The number of carbonyl (C=O) groups excluding carboxylic acids is 3. The lowest BCUT2D eigenvalue weighted by molar-refractivity contribution is -0.123. The summed E-state index contributed by atoms with van der Waals surface area (Å²) in [5.41, 5.74) is 5.78. The predicted octanol–water partition coefficient (Wildman–Crippen LogP) is 1.87. The molecule has 7 heteroatoms. The van der Waals surface area contributed by atoms with Crippen molar-refractivity contribution in [2.75, 3.05) is 16.8 Å². The van der Waals surface area contributed by atoms with Gasteiger partial charge in [-0.25, -0.2) is 4.79 Å². The molecule has 1 aliphatic heterocycles. The number of hydrogen-bond acceptors (Lipinski definition) is 4. The molecule has 0 spiro atoms. The molecule has 0 saturated carbocycles. The molecule has 0 aliphatic carbocycles. The van der Waals surface area contributed by atoms with Gasteiger partial charge in [0.05, 0.1) is 5.92 Å². The van der Waals surface area contributed by atoms with Gasteiger partial charge < -0.3 is 15.4 Å². The van der Waals surface area contributed by atoms with Gasteiger partial charge >= 0.3 is 6.09 Å². The quantitative estimate of drug-likeness (QED) is 0.888. The number of benzene rings is 1. The standard InChI is InChI=1S/C16H21N3O4/c1-16(2,3)23-15(22)18-11-5-4-6-12(8-11)19-9-10(14(17)21)7-13(19)20/h4-6,8,10H,7,9H2,1-3H3,(H2,17,21)(H,18,22). The van der Waals surface area contributed by atoms with E-state index in [0.717, 1.165) is 0 Å². The Morgan fingerprint density at radius 3 is 2.61 bits per heavy atom. The van der Waals surface area contributed by atoms with Gasteiger partial charge in [0.15, 0.2) is 0 Å². The van der Waals surface area contributed by atoms with Crippen LogP contribution in [-0.2, 0) is 14.3 Å². The monoisotopic (exact) mass is 319 g/mol. The third-order valence-electron chi connectivity index (χ3n) is 3.33. The normalized spacial score (nSPS) is 18.0. The highest BCUT2D eigenvalue weighted by atomic mass is 16.6. The zero-order valence-corrected chi connectivity index (χ0v) is 13.5. The molecule has 1 saturated heterocycles. The van der Waals surface area contributed by atoms with Crippen molar-refractivity contribution in [2.24, 2.45) is 11.7 Å². The van der Waals surface area contributed by atoms with E-state index in [4.69, 9.17) is 10.5 Å². The van der Waals surface area contributed by atoms with Gasteiger partial charge in [-0.05, 0) is 39.0 Å². The minimum atomic E-state index is -0.596. The van der Waals surface area contributed by atoms with Crippen LogP contribution < -0.4 is 16.0 Å². The van der Waals surface area contributed by atoms with E-state index in [1.165, 1.54) is 4.90 Å². The number of amides is 3. The van der Waals surface area contributed by atoms with Gasteiger partial charge in [0, 0.05) is 24.3 Å². The highest BCUT2D eigenvalue weighted by Crippen LogP contribution is 2.27. The van der Waals surface area contributed by atoms with Crippen molar-refractivity contribution in [1.29, 1.82) is 0 Å². The van der Waals surface area contributed by atoms with E-state index < -0.39 is 23.5 Å². The van der Waals surface area contributed by atoms with Crippen LogP contribution in [0.25, 0.3) is 0 Å². The summed E-state index contributed by atoms with van der Waals surface area (Å²) in [5, 5.41) is 2.62. The summed E-state index contributed by atoms with van der Waals surface area (Å²) in [6.07, 6.45) is -0.462. The largest absolute Gasteiger partial charge is 0.444 e. The first-order valence-corrected chi connectivity index (χ1v) is 7.35. The maximum absolute atomic E-state index is 12.0. The molecule has 1 atom stereocenters. The van der Waals surface area contributed by atoms with Crippen molar-refractivity contribution in [2.45, 2.75) is 32.8 Å². The first-order valence-electron chi connectivity index (χ1n) is 7.35. The predicted molar refractivity (Wildman–Crippen MR) is 86.0 cm³/mol. The summed E-state index contributed by atoms with van der Waals surface area (Å²) in [5.74, 6) is -1.13. The molecule has 23 heavy (non-hydrogen) atoms. The van der Waals surface area contributed by atoms with Gasteiger partial charge in [-0.2, -0.15) is 0 Å². The molecule has 1 aromatic rings. The number of anilines is 2. The molecule has 1 fully saturated rings. The number of nitrogens with two attached hydrogens (primary N) is 1. The first kappa shape index (κ1) is 16.8. The molecule has 1 heterocycles. The summed E-state index contributed by atoms with van der Waals surface area (Å²) in [6.45, 7) is 5.58. The molecule has 1 unspecified atom stereocenters. The van der Waals surface area contributed by atoms with Gasteiger partial charge in [-0.1, -0.05) is 6.07 Å². The van der Waals surface area contributed by atoms with Crippen LogP contribution in [0.4, 0.5) is 16.2 Å². The van der Waals surface area contributed by atoms with Gasteiger partial charge in [0.1, 0.15) is 5.60 Å². The fourth-order valence-corrected chi connectivity index (χ4v) is 2.32. The second-order valence-electron chi connectivity index (χ2n) is 6.48. The second-order valence-corrected chi connectivity index (χ2v) is 6.48. The van der Waals surface area contributed by atoms with Crippen molar-refractivity contribution in [3.8, 4) is 0 Å². The van der Waals surface area contributed by atoms with Crippen molar-refractivity contribution < 1.29 is 19.1 Å². The lowest BCUT2D eigenvalue weighted by atomic mass is 10.1. The number of ether oxygens (including phenoxy) is 1. The number of hydrogen-bond donors (Lipinski definition) is 2. The highest BCUT2D eigenvalue weighted by Gasteiger charge is 2.34. The summed E-state index contributed by atoms with van der Waals surface area (Å²) in [7, 11) is 0. The number of rotatable bonds is 3. The topological polar surface area (TPSA) is 102 Å². The van der Waals surface area contributed by atoms with Crippen LogP contribution in [-0.4, -0.2) is 30.1 Å². The maximum Gasteiger partial charge on any atom is 0.412 e. The van der Waals surface area contributed by atoms with E-state index >= 15 is 0 Å². The SMILES string of the molecule is CC(C)(C)OC(=O)Nc1cccc(N2CC(C(N)=O)CC2=O)c1. The van der Waals surface area contributed by atoms with E-state index in [2.05, 4.69) is 5.32 Å². The van der Waals surface area contributed by atoms with Crippen LogP contribution in [0.2, 0.25) is 0 Å². The van der Waals surface area contributed by atoms with Gasteiger partial charge in [0.25, 0.3) is 0 Å². The van der Waals surface area contributed by atoms with Gasteiger partial charge in [-0.15, -0.1) is 0 Å². The molecule has 1 aliphatic rings. The average Bonchev–Trinajstić information content (AvgIpc) is 2.79. The van der Waals surface area contributed by atoms with E-state index in [1.54, 1.807) is 45.0 Å². The Bertz CT molecular complexity index is 636. The van der Waals surface area contributed by atoms with Crippen molar-refractivity contribution in [3.63, 3.8) is 0 Å². The van der Waals surface area contributed by atoms with Gasteiger partial charge in [0.2, 0.25) is 11.8 Å². The number of carbonyl (C=O) groups is 3. The summed E-state index contributed by atoms with van der Waals surface area (Å²) in [6, 6.07) is 6.80. The molecule has 1 aromatic carbocycles. The van der Waals surface area contributed by atoms with E-state index in [-0.39, 0.29) is 18.9 Å². The van der Waals surface area contributed by atoms with Crippen LogP contribution in [0.1, 0.15) is 27.2 Å². The minimum Gasteiger partial charge on any atom is -0.444 e. The molecule has 3 amide bonds. The van der Waals surface area contributed by atoms with E-state index in [1.807, 2.05) is 0 Å². The fraction of sp³-hybridized carbons (Fsp3) is 0.438. The van der Waals surface area contributed by atoms with Crippen LogP contribution >= 0.6 is 0 Å².